The van der Waals surface area contributed by atoms with Crippen LogP contribution in [0.15, 0.2) is 60.7 Å². The van der Waals surface area contributed by atoms with Crippen LogP contribution in [0.1, 0.15) is 25.0 Å². The number of aryl methyl sites for hydroxylation is 1. The summed E-state index contributed by atoms with van der Waals surface area (Å²) < 4.78 is 0. The van der Waals surface area contributed by atoms with E-state index in [4.69, 9.17) is 5.73 Å². The largest absolute Gasteiger partial charge is 0.368 e. The third-order valence-electron chi connectivity index (χ3n) is 7.09. The maximum atomic E-state index is 14.2. The lowest BCUT2D eigenvalue weighted by Gasteiger charge is -2.36. The lowest BCUT2D eigenvalue weighted by molar-refractivity contribution is -0.133. The minimum Gasteiger partial charge on any atom is -0.368 e. The van der Waals surface area contributed by atoms with Gasteiger partial charge < -0.3 is 20.9 Å². The van der Waals surface area contributed by atoms with Crippen LogP contribution in [0.3, 0.4) is 0 Å². The molecule has 0 aliphatic carbocycles. The number of nitrogens with zero attached hydrogens (tertiary/aromatic N) is 2. The molecule has 2 atom stereocenters. The molecule has 7 heteroatoms. The number of carbonyl (C=O) groups excluding carboxylic acids is 3. The van der Waals surface area contributed by atoms with E-state index in [0.29, 0.717) is 17.9 Å². The summed E-state index contributed by atoms with van der Waals surface area (Å²) in [5.74, 6) is -2.01. The Morgan fingerprint density at radius 3 is 2.35 bits per heavy atom. The SMILES string of the molecule is CNC(C)(C(N)=O)[C@@H]1CN(C(C)=O)c2ccccc2N(Cc2c(C)ccc3ccccc23)C1=O. The molecule has 0 saturated carbocycles. The quantitative estimate of drug-likeness (QED) is 0.614. The predicted octanol–water partition coefficient (Wildman–Crippen LogP) is 3.13. The van der Waals surface area contributed by atoms with Crippen LogP contribution in [-0.2, 0) is 20.9 Å². The summed E-state index contributed by atoms with van der Waals surface area (Å²) in [5.41, 5.74) is 7.75. The first-order chi connectivity index (χ1) is 16.2. The van der Waals surface area contributed by atoms with Crippen LogP contribution >= 0.6 is 0 Å². The smallest absolute Gasteiger partial charge is 0.238 e. The van der Waals surface area contributed by atoms with Gasteiger partial charge in [0.2, 0.25) is 17.7 Å². The van der Waals surface area contributed by atoms with E-state index in [2.05, 4.69) is 11.4 Å². The fraction of sp³-hybridized carbons (Fsp3) is 0.296. The molecule has 34 heavy (non-hydrogen) atoms. The van der Waals surface area contributed by atoms with E-state index in [0.717, 1.165) is 21.9 Å². The van der Waals surface area contributed by atoms with Gasteiger partial charge in [0.15, 0.2) is 0 Å². The Bertz CT molecular complexity index is 1290. The Kier molecular flexibility index (Phi) is 6.15. The number of fused-ring (bicyclic) bond motifs is 2. The highest BCUT2D eigenvalue weighted by atomic mass is 16.2. The van der Waals surface area contributed by atoms with Gasteiger partial charge in [-0.05, 0) is 54.9 Å². The van der Waals surface area contributed by atoms with Gasteiger partial charge in [0, 0.05) is 13.5 Å². The standard InChI is InChI=1S/C27H30N4O3/c1-17-13-14-19-9-5-6-10-20(19)21(17)15-31-24-12-8-7-11-23(24)30(18(2)32)16-22(25(31)33)27(3,29-4)26(28)34/h5-14,22,29H,15-16H2,1-4H3,(H2,28,34)/t22-,27?/m1/s1. The lowest BCUT2D eigenvalue weighted by atomic mass is 9.83. The molecule has 1 aliphatic heterocycles. The molecule has 0 bridgehead atoms. The van der Waals surface area contributed by atoms with Gasteiger partial charge in [-0.15, -0.1) is 0 Å². The van der Waals surface area contributed by atoms with Gasteiger partial charge in [-0.2, -0.15) is 0 Å². The van der Waals surface area contributed by atoms with Gasteiger partial charge in [0.1, 0.15) is 5.54 Å². The van der Waals surface area contributed by atoms with E-state index >= 15 is 0 Å². The van der Waals surface area contributed by atoms with Gasteiger partial charge in [0.05, 0.1) is 23.8 Å². The van der Waals surface area contributed by atoms with Crippen molar-refractivity contribution in [2.45, 2.75) is 32.9 Å². The molecule has 0 aromatic heterocycles. The fourth-order valence-electron chi connectivity index (χ4n) is 4.76. The van der Waals surface area contributed by atoms with Crippen molar-refractivity contribution in [2.24, 2.45) is 11.7 Å². The summed E-state index contributed by atoms with van der Waals surface area (Å²) in [7, 11) is 1.60. The fourth-order valence-corrected chi connectivity index (χ4v) is 4.76. The number of para-hydroxylation sites is 2. The predicted molar refractivity (Wildman–Crippen MR) is 134 cm³/mol. The number of amides is 3. The number of hydrogen-bond acceptors (Lipinski definition) is 4. The van der Waals surface area contributed by atoms with Crippen LogP contribution in [0.4, 0.5) is 11.4 Å². The summed E-state index contributed by atoms with van der Waals surface area (Å²) in [4.78, 5) is 42.7. The Balaban J connectivity index is 1.93. The van der Waals surface area contributed by atoms with E-state index < -0.39 is 17.4 Å². The summed E-state index contributed by atoms with van der Waals surface area (Å²) >= 11 is 0. The third-order valence-corrected chi connectivity index (χ3v) is 7.09. The molecule has 0 radical (unpaired) electrons. The van der Waals surface area contributed by atoms with E-state index in [1.165, 1.54) is 6.92 Å². The maximum Gasteiger partial charge on any atom is 0.238 e. The van der Waals surface area contributed by atoms with Crippen LogP contribution in [0.25, 0.3) is 10.8 Å². The summed E-state index contributed by atoms with van der Waals surface area (Å²) in [6, 6.07) is 19.5. The van der Waals surface area contributed by atoms with Crippen LogP contribution in [0.5, 0.6) is 0 Å². The molecule has 0 spiro atoms. The van der Waals surface area contributed by atoms with Crippen molar-refractivity contribution in [3.8, 4) is 0 Å². The molecule has 3 aromatic rings. The number of anilines is 2. The van der Waals surface area contributed by atoms with E-state index in [1.54, 1.807) is 23.8 Å². The topological polar surface area (TPSA) is 95.7 Å². The first kappa shape index (κ1) is 23.4. The number of nitrogens with two attached hydrogens (primary N) is 1. The first-order valence-corrected chi connectivity index (χ1v) is 11.3. The second-order valence-corrected chi connectivity index (χ2v) is 8.99. The van der Waals surface area contributed by atoms with Gasteiger partial charge in [0.25, 0.3) is 0 Å². The second kappa shape index (κ2) is 8.91. The van der Waals surface area contributed by atoms with Crippen molar-refractivity contribution in [1.29, 1.82) is 0 Å². The average molecular weight is 459 g/mol. The Morgan fingerprint density at radius 2 is 1.71 bits per heavy atom. The van der Waals surface area contributed by atoms with E-state index in [-0.39, 0.29) is 18.4 Å². The highest BCUT2D eigenvalue weighted by Crippen LogP contribution is 2.38. The van der Waals surface area contributed by atoms with Crippen molar-refractivity contribution >= 4 is 39.9 Å². The average Bonchev–Trinajstić information content (AvgIpc) is 2.95. The van der Waals surface area contributed by atoms with Crippen LogP contribution < -0.4 is 20.9 Å². The molecule has 1 heterocycles. The molecule has 3 N–H and O–H groups in total. The van der Waals surface area contributed by atoms with Crippen LogP contribution in [0, 0.1) is 12.8 Å². The molecular weight excluding hydrogens is 428 g/mol. The first-order valence-electron chi connectivity index (χ1n) is 11.3. The molecule has 1 aliphatic rings. The molecule has 1 unspecified atom stereocenters. The van der Waals surface area contributed by atoms with E-state index in [9.17, 15) is 14.4 Å². The van der Waals surface area contributed by atoms with Crippen molar-refractivity contribution in [3.63, 3.8) is 0 Å². The minimum absolute atomic E-state index is 0.0382. The van der Waals surface area contributed by atoms with Gasteiger partial charge in [-0.3, -0.25) is 14.4 Å². The highest BCUT2D eigenvalue weighted by molar-refractivity contribution is 6.08. The Hall–Kier alpha value is -3.71. The zero-order chi connectivity index (χ0) is 24.6. The maximum absolute atomic E-state index is 14.2. The van der Waals surface area contributed by atoms with Crippen molar-refractivity contribution in [3.05, 3.63) is 71.8 Å². The number of benzene rings is 3. The zero-order valence-electron chi connectivity index (χ0n) is 20.0. The highest BCUT2D eigenvalue weighted by Gasteiger charge is 2.48. The molecule has 176 valence electrons. The van der Waals surface area contributed by atoms with Crippen molar-refractivity contribution in [1.82, 2.24) is 5.32 Å². The van der Waals surface area contributed by atoms with E-state index in [1.807, 2.05) is 61.5 Å². The number of hydrogen-bond donors (Lipinski definition) is 2. The molecule has 3 amide bonds. The summed E-state index contributed by atoms with van der Waals surface area (Å²) in [6.45, 7) is 5.44. The summed E-state index contributed by atoms with van der Waals surface area (Å²) in [6.07, 6.45) is 0. The monoisotopic (exact) mass is 458 g/mol. The number of carbonyl (C=O) groups is 3. The van der Waals surface area contributed by atoms with Gasteiger partial charge in [-0.25, -0.2) is 0 Å². The lowest BCUT2D eigenvalue weighted by Crippen LogP contribution is -2.63. The Labute approximate surface area is 199 Å². The number of likely N-dealkylation sites (N-methyl/N-ethyl adjacent to an activating group) is 1. The van der Waals surface area contributed by atoms with Crippen LogP contribution in [0.2, 0.25) is 0 Å². The summed E-state index contributed by atoms with van der Waals surface area (Å²) in [5, 5.41) is 5.10. The molecular formula is C27H30N4O3. The molecule has 3 aromatic carbocycles. The second-order valence-electron chi connectivity index (χ2n) is 8.99. The van der Waals surface area contributed by atoms with Gasteiger partial charge >= 0.3 is 0 Å². The number of nitrogens with one attached hydrogen (secondary N) is 1. The third kappa shape index (κ3) is 3.82. The number of rotatable bonds is 5. The van der Waals surface area contributed by atoms with Crippen LogP contribution in [-0.4, -0.2) is 36.9 Å². The molecule has 0 saturated heterocycles. The van der Waals surface area contributed by atoms with Crippen molar-refractivity contribution < 1.29 is 14.4 Å². The zero-order valence-corrected chi connectivity index (χ0v) is 20.0. The van der Waals surface area contributed by atoms with Gasteiger partial charge in [-0.1, -0.05) is 48.5 Å². The minimum atomic E-state index is -1.35. The molecule has 7 nitrogen and oxygen atoms in total. The normalized spacial score (nSPS) is 17.8. The number of primary amides is 1. The molecule has 4 rings (SSSR count). The Morgan fingerprint density at radius 1 is 1.06 bits per heavy atom. The molecule has 0 fully saturated rings. The van der Waals surface area contributed by atoms with Crippen molar-refractivity contribution in [2.75, 3.05) is 23.4 Å².